The zero-order chi connectivity index (χ0) is 18.2. The smallest absolute Gasteiger partial charge is 0.318 e. The number of hydrogen-bond donors (Lipinski definition) is 4. The van der Waals surface area contributed by atoms with Crippen LogP contribution in [-0.2, 0) is 4.79 Å². The maximum atomic E-state index is 12.0. The number of urea groups is 1. The Morgan fingerprint density at radius 2 is 1.52 bits per heavy atom. The van der Waals surface area contributed by atoms with E-state index in [0.29, 0.717) is 22.0 Å². The summed E-state index contributed by atoms with van der Waals surface area (Å²) in [5, 5.41) is 10.5. The summed E-state index contributed by atoms with van der Waals surface area (Å²) in [6.07, 6.45) is 0. The van der Waals surface area contributed by atoms with Crippen molar-refractivity contribution in [1.29, 1.82) is 0 Å². The van der Waals surface area contributed by atoms with Crippen LogP contribution in [0.4, 0.5) is 16.2 Å². The minimum atomic E-state index is -0.425. The van der Waals surface area contributed by atoms with Gasteiger partial charge in [0.1, 0.15) is 0 Å². The number of carbonyl (C=O) groups is 3. The van der Waals surface area contributed by atoms with Gasteiger partial charge >= 0.3 is 6.03 Å². The van der Waals surface area contributed by atoms with Gasteiger partial charge in [0.25, 0.3) is 5.91 Å². The molecule has 0 bridgehead atoms. The van der Waals surface area contributed by atoms with Gasteiger partial charge in [-0.2, -0.15) is 0 Å². The Morgan fingerprint density at radius 1 is 0.920 bits per heavy atom. The highest BCUT2D eigenvalue weighted by Gasteiger charge is 2.11. The van der Waals surface area contributed by atoms with Crippen molar-refractivity contribution < 1.29 is 14.4 Å². The predicted octanol–water partition coefficient (Wildman–Crippen LogP) is 2.46. The van der Waals surface area contributed by atoms with Crippen LogP contribution in [0.2, 0.25) is 5.02 Å². The molecule has 25 heavy (non-hydrogen) atoms. The van der Waals surface area contributed by atoms with Crippen LogP contribution in [0.1, 0.15) is 10.4 Å². The molecule has 0 saturated carbocycles. The summed E-state index contributed by atoms with van der Waals surface area (Å²) in [6.45, 7) is -0.192. The Hall–Kier alpha value is -3.06. The monoisotopic (exact) mass is 360 g/mol. The summed E-state index contributed by atoms with van der Waals surface area (Å²) in [4.78, 5) is 35.1. The van der Waals surface area contributed by atoms with E-state index in [1.165, 1.54) is 7.05 Å². The molecule has 0 unspecified atom stereocenters. The molecular formula is C17H17ClN4O3. The molecule has 4 N–H and O–H groups in total. The van der Waals surface area contributed by atoms with Crippen molar-refractivity contribution in [3.05, 3.63) is 59.1 Å². The first kappa shape index (κ1) is 18.3. The van der Waals surface area contributed by atoms with Gasteiger partial charge in [-0.25, -0.2) is 4.79 Å². The molecule has 0 aliphatic carbocycles. The number of nitrogens with one attached hydrogen (secondary N) is 4. The third-order valence-corrected chi connectivity index (χ3v) is 3.51. The normalized spacial score (nSPS) is 9.84. The average molecular weight is 361 g/mol. The molecule has 0 radical (unpaired) electrons. The number of carbonyl (C=O) groups excluding carboxylic acids is 3. The van der Waals surface area contributed by atoms with Crippen LogP contribution in [0.5, 0.6) is 0 Å². The molecule has 2 aromatic rings. The van der Waals surface area contributed by atoms with Gasteiger partial charge in [0.2, 0.25) is 5.91 Å². The van der Waals surface area contributed by atoms with Gasteiger partial charge < -0.3 is 21.3 Å². The maximum Gasteiger partial charge on any atom is 0.318 e. The van der Waals surface area contributed by atoms with Crippen LogP contribution in [0.25, 0.3) is 0 Å². The number of amides is 4. The highest BCUT2D eigenvalue weighted by atomic mass is 35.5. The van der Waals surface area contributed by atoms with E-state index in [-0.39, 0.29) is 18.5 Å². The number of anilines is 2. The van der Waals surface area contributed by atoms with E-state index in [1.807, 2.05) is 0 Å². The zero-order valence-corrected chi connectivity index (χ0v) is 14.2. The molecule has 0 fully saturated rings. The predicted molar refractivity (Wildman–Crippen MR) is 96.9 cm³/mol. The molecule has 0 aromatic heterocycles. The lowest BCUT2D eigenvalue weighted by Gasteiger charge is -2.09. The highest BCUT2D eigenvalue weighted by molar-refractivity contribution is 6.33. The van der Waals surface area contributed by atoms with Gasteiger partial charge in [-0.1, -0.05) is 23.7 Å². The lowest BCUT2D eigenvalue weighted by molar-refractivity contribution is -0.115. The van der Waals surface area contributed by atoms with Crippen LogP contribution in [0.15, 0.2) is 48.5 Å². The van der Waals surface area contributed by atoms with Crippen molar-refractivity contribution in [3.8, 4) is 0 Å². The first-order chi connectivity index (χ1) is 12.0. The maximum absolute atomic E-state index is 12.0. The third-order valence-electron chi connectivity index (χ3n) is 3.18. The number of benzene rings is 2. The van der Waals surface area contributed by atoms with Crippen molar-refractivity contribution in [1.82, 2.24) is 10.6 Å². The summed E-state index contributed by atoms with van der Waals surface area (Å²) in [6, 6.07) is 12.8. The van der Waals surface area contributed by atoms with Gasteiger partial charge in [0.05, 0.1) is 17.1 Å². The fourth-order valence-corrected chi connectivity index (χ4v) is 2.16. The van der Waals surface area contributed by atoms with Gasteiger partial charge in [-0.3, -0.25) is 9.59 Å². The largest absolute Gasteiger partial charge is 0.343 e. The lowest BCUT2D eigenvalue weighted by atomic mass is 10.2. The number of rotatable bonds is 5. The number of halogens is 1. The van der Waals surface area contributed by atoms with Crippen LogP contribution in [0, 0.1) is 0 Å². The van der Waals surface area contributed by atoms with E-state index in [0.717, 1.165) is 0 Å². The summed E-state index contributed by atoms with van der Waals surface area (Å²) in [5.41, 5.74) is 1.44. The molecule has 2 rings (SSSR count). The zero-order valence-electron chi connectivity index (χ0n) is 13.4. The molecule has 0 heterocycles. The second kappa shape index (κ2) is 8.70. The van der Waals surface area contributed by atoms with Crippen LogP contribution in [0.3, 0.4) is 0 Å². The minimum absolute atomic E-state index is 0.192. The molecule has 0 spiro atoms. The summed E-state index contributed by atoms with van der Waals surface area (Å²) in [5.74, 6) is -0.807. The molecule has 8 heteroatoms. The molecule has 4 amide bonds. The summed E-state index contributed by atoms with van der Waals surface area (Å²) >= 11 is 5.93. The van der Waals surface area contributed by atoms with Crippen molar-refractivity contribution in [2.45, 2.75) is 0 Å². The van der Waals surface area contributed by atoms with Gasteiger partial charge in [0.15, 0.2) is 0 Å². The summed E-state index contributed by atoms with van der Waals surface area (Å²) in [7, 11) is 1.51. The second-order valence-corrected chi connectivity index (χ2v) is 5.40. The molecule has 7 nitrogen and oxygen atoms in total. The molecule has 0 saturated heterocycles. The van der Waals surface area contributed by atoms with E-state index in [2.05, 4.69) is 21.3 Å². The van der Waals surface area contributed by atoms with Gasteiger partial charge in [-0.05, 0) is 36.4 Å². The van der Waals surface area contributed by atoms with E-state index in [1.54, 1.807) is 48.5 Å². The first-order valence-corrected chi connectivity index (χ1v) is 7.79. The van der Waals surface area contributed by atoms with Crippen molar-refractivity contribution in [3.63, 3.8) is 0 Å². The van der Waals surface area contributed by atoms with Crippen LogP contribution >= 0.6 is 11.6 Å². The third kappa shape index (κ3) is 5.50. The molecule has 130 valence electrons. The van der Waals surface area contributed by atoms with Crippen molar-refractivity contribution >= 4 is 40.8 Å². The van der Waals surface area contributed by atoms with Gasteiger partial charge in [-0.15, -0.1) is 0 Å². The Kier molecular flexibility index (Phi) is 6.36. The Bertz CT molecular complexity index is 778. The molecule has 0 atom stereocenters. The minimum Gasteiger partial charge on any atom is -0.343 e. The first-order valence-electron chi connectivity index (χ1n) is 7.41. The van der Waals surface area contributed by atoms with Crippen LogP contribution < -0.4 is 21.3 Å². The van der Waals surface area contributed by atoms with E-state index >= 15 is 0 Å². The molecular weight excluding hydrogens is 344 g/mol. The van der Waals surface area contributed by atoms with E-state index in [9.17, 15) is 14.4 Å². The lowest BCUT2D eigenvalue weighted by Crippen LogP contribution is -2.33. The van der Waals surface area contributed by atoms with Crippen LogP contribution in [-0.4, -0.2) is 31.4 Å². The molecule has 0 aliphatic rings. The standard InChI is InChI=1S/C17H17ClN4O3/c1-19-17(25)22-12-8-6-11(7-9-12)21-15(23)10-20-16(24)13-4-2-3-5-14(13)18/h2-9H,10H2,1H3,(H,20,24)(H,21,23)(H2,19,22,25). The molecule has 0 aliphatic heterocycles. The number of hydrogen-bond acceptors (Lipinski definition) is 3. The van der Waals surface area contributed by atoms with E-state index in [4.69, 9.17) is 11.6 Å². The summed E-state index contributed by atoms with van der Waals surface area (Å²) < 4.78 is 0. The quantitative estimate of drug-likeness (QED) is 0.659. The SMILES string of the molecule is CNC(=O)Nc1ccc(NC(=O)CNC(=O)c2ccccc2Cl)cc1. The second-order valence-electron chi connectivity index (χ2n) is 4.99. The van der Waals surface area contributed by atoms with Gasteiger partial charge in [0, 0.05) is 18.4 Å². The highest BCUT2D eigenvalue weighted by Crippen LogP contribution is 2.15. The topological polar surface area (TPSA) is 99.3 Å². The van der Waals surface area contributed by atoms with Crippen molar-refractivity contribution in [2.75, 3.05) is 24.2 Å². The fourth-order valence-electron chi connectivity index (χ4n) is 1.94. The molecule has 2 aromatic carbocycles. The Balaban J connectivity index is 1.85. The Morgan fingerprint density at radius 3 is 2.12 bits per heavy atom. The van der Waals surface area contributed by atoms with E-state index < -0.39 is 5.91 Å². The van der Waals surface area contributed by atoms with Crippen molar-refractivity contribution in [2.24, 2.45) is 0 Å². The fraction of sp³-hybridized carbons (Fsp3) is 0.118. The average Bonchev–Trinajstić information content (AvgIpc) is 2.61. The Labute approximate surface area is 149 Å².